The van der Waals surface area contributed by atoms with Gasteiger partial charge in [0.15, 0.2) is 5.58 Å². The standard InChI is InChI=1S/C7H6N2.C7H5NO.C7H5NS/c3*1-3-8-5-7-6(1)2-4-9-7/h1-5,9H;2*1-5H. The first-order chi connectivity index (χ1) is 13.4. The fourth-order valence-electron chi connectivity index (χ4n) is 2.51. The summed E-state index contributed by atoms with van der Waals surface area (Å²) in [6, 6.07) is 12.0. The molecule has 0 unspecified atom stereocenters. The Morgan fingerprint density at radius 3 is 2.33 bits per heavy atom. The molecule has 6 aromatic rings. The summed E-state index contributed by atoms with van der Waals surface area (Å²) in [6.07, 6.45) is 14.3. The average Bonchev–Trinajstić information content (AvgIpc) is 3.48. The number of aromatic nitrogens is 4. The molecule has 0 amide bonds. The largest absolute Gasteiger partial charge is 0.463 e. The zero-order valence-corrected chi connectivity index (χ0v) is 15.1. The van der Waals surface area contributed by atoms with Gasteiger partial charge in [-0.2, -0.15) is 0 Å². The van der Waals surface area contributed by atoms with E-state index in [1.807, 2.05) is 55.1 Å². The second kappa shape index (κ2) is 8.25. The Labute approximate surface area is 159 Å². The molecule has 0 aliphatic rings. The molecule has 132 valence electrons. The van der Waals surface area contributed by atoms with Gasteiger partial charge in [-0.3, -0.25) is 15.0 Å². The lowest BCUT2D eigenvalue weighted by molar-refractivity contribution is 0.614. The maximum absolute atomic E-state index is 5.06. The second-order valence-corrected chi connectivity index (χ2v) is 6.56. The summed E-state index contributed by atoms with van der Waals surface area (Å²) in [7, 11) is 0. The molecule has 0 atom stereocenters. The van der Waals surface area contributed by atoms with Crippen LogP contribution < -0.4 is 0 Å². The summed E-state index contributed by atoms with van der Waals surface area (Å²) in [5, 5.41) is 5.68. The van der Waals surface area contributed by atoms with E-state index in [0.717, 1.165) is 16.5 Å². The molecular weight excluding hydrogens is 356 g/mol. The SMILES string of the molecule is c1cc2cc[nH]c2cn1.c1cc2ccoc2cn1.c1cc2ccsc2cn1. The maximum Gasteiger partial charge on any atom is 0.152 e. The quantitative estimate of drug-likeness (QED) is 0.372. The molecular formula is C21H16N4OS. The molecule has 0 saturated heterocycles. The van der Waals surface area contributed by atoms with Crippen molar-refractivity contribution in [2.75, 3.05) is 0 Å². The number of aromatic amines is 1. The fourth-order valence-corrected chi connectivity index (χ4v) is 3.26. The number of H-pyrrole nitrogens is 1. The van der Waals surface area contributed by atoms with E-state index in [9.17, 15) is 0 Å². The van der Waals surface area contributed by atoms with Crippen LogP contribution in [0.5, 0.6) is 0 Å². The topological polar surface area (TPSA) is 67.6 Å². The van der Waals surface area contributed by atoms with E-state index in [1.165, 1.54) is 15.5 Å². The molecule has 0 spiro atoms. The molecule has 0 aliphatic heterocycles. The third kappa shape index (κ3) is 4.19. The van der Waals surface area contributed by atoms with Gasteiger partial charge in [-0.25, -0.2) is 0 Å². The van der Waals surface area contributed by atoms with Crippen LogP contribution in [0.1, 0.15) is 0 Å². The van der Waals surface area contributed by atoms with Gasteiger partial charge in [0.2, 0.25) is 0 Å². The minimum absolute atomic E-state index is 0.845. The third-order valence-electron chi connectivity index (χ3n) is 3.87. The molecule has 6 aromatic heterocycles. The Morgan fingerprint density at radius 1 is 0.741 bits per heavy atom. The van der Waals surface area contributed by atoms with Crippen molar-refractivity contribution < 1.29 is 4.42 Å². The molecule has 27 heavy (non-hydrogen) atoms. The van der Waals surface area contributed by atoms with Gasteiger partial charge in [0.1, 0.15) is 0 Å². The molecule has 1 N–H and O–H groups in total. The van der Waals surface area contributed by atoms with E-state index >= 15 is 0 Å². The number of hydrogen-bond acceptors (Lipinski definition) is 5. The van der Waals surface area contributed by atoms with E-state index < -0.39 is 0 Å². The lowest BCUT2D eigenvalue weighted by Crippen LogP contribution is -1.68. The molecule has 0 aliphatic carbocycles. The number of thiophene rings is 1. The van der Waals surface area contributed by atoms with E-state index in [4.69, 9.17) is 4.42 Å². The van der Waals surface area contributed by atoms with Crippen molar-refractivity contribution in [1.29, 1.82) is 0 Å². The first-order valence-electron chi connectivity index (χ1n) is 8.32. The van der Waals surface area contributed by atoms with E-state index in [2.05, 4.69) is 31.4 Å². The number of pyridine rings is 3. The highest BCUT2D eigenvalue weighted by Crippen LogP contribution is 2.17. The van der Waals surface area contributed by atoms with Gasteiger partial charge in [0.25, 0.3) is 0 Å². The average molecular weight is 372 g/mol. The van der Waals surface area contributed by atoms with Crippen molar-refractivity contribution in [3.63, 3.8) is 0 Å². The Hall–Kier alpha value is -3.51. The third-order valence-corrected chi connectivity index (χ3v) is 4.74. The van der Waals surface area contributed by atoms with Crippen LogP contribution in [0, 0.1) is 0 Å². The normalized spacial score (nSPS) is 10.2. The number of nitrogens with one attached hydrogen (secondary N) is 1. The second-order valence-electron chi connectivity index (χ2n) is 5.61. The summed E-state index contributed by atoms with van der Waals surface area (Å²) in [6.45, 7) is 0. The Balaban J connectivity index is 0.0000001000. The number of rotatable bonds is 0. The van der Waals surface area contributed by atoms with Gasteiger partial charge in [0.05, 0.1) is 28.9 Å². The zero-order chi connectivity index (χ0) is 18.3. The highest BCUT2D eigenvalue weighted by Gasteiger charge is 1.91. The molecule has 6 heteroatoms. The molecule has 6 rings (SSSR count). The zero-order valence-electron chi connectivity index (χ0n) is 14.3. The summed E-state index contributed by atoms with van der Waals surface area (Å²) in [4.78, 5) is 14.9. The summed E-state index contributed by atoms with van der Waals surface area (Å²) in [5.74, 6) is 0. The number of furan rings is 1. The number of hydrogen-bond donors (Lipinski definition) is 1. The fraction of sp³-hybridized carbons (Fsp3) is 0. The first-order valence-corrected chi connectivity index (χ1v) is 9.20. The molecule has 6 heterocycles. The van der Waals surface area contributed by atoms with Crippen molar-refractivity contribution in [3.8, 4) is 0 Å². The minimum Gasteiger partial charge on any atom is -0.463 e. The van der Waals surface area contributed by atoms with Crippen molar-refractivity contribution in [2.45, 2.75) is 0 Å². The van der Waals surface area contributed by atoms with Crippen LogP contribution in [0.3, 0.4) is 0 Å². The van der Waals surface area contributed by atoms with E-state index in [-0.39, 0.29) is 0 Å². The van der Waals surface area contributed by atoms with Crippen LogP contribution in [0.25, 0.3) is 32.0 Å². The van der Waals surface area contributed by atoms with E-state index in [1.54, 1.807) is 36.2 Å². The Kier molecular flexibility index (Phi) is 5.17. The van der Waals surface area contributed by atoms with Crippen molar-refractivity contribution in [2.24, 2.45) is 0 Å². The lowest BCUT2D eigenvalue weighted by atomic mass is 10.3. The van der Waals surface area contributed by atoms with Crippen LogP contribution >= 0.6 is 11.3 Å². The van der Waals surface area contributed by atoms with Gasteiger partial charge in [-0.15, -0.1) is 11.3 Å². The van der Waals surface area contributed by atoms with Crippen LogP contribution in [0.4, 0.5) is 0 Å². The predicted molar refractivity (Wildman–Crippen MR) is 110 cm³/mol. The summed E-state index contributed by atoms with van der Waals surface area (Å²) < 4.78 is 6.32. The molecule has 0 fully saturated rings. The van der Waals surface area contributed by atoms with Crippen LogP contribution in [-0.2, 0) is 0 Å². The molecule has 0 radical (unpaired) electrons. The van der Waals surface area contributed by atoms with Gasteiger partial charge < -0.3 is 9.40 Å². The number of fused-ring (bicyclic) bond motifs is 3. The number of nitrogens with zero attached hydrogens (tertiary/aromatic N) is 3. The highest BCUT2D eigenvalue weighted by atomic mass is 32.1. The molecule has 5 nitrogen and oxygen atoms in total. The van der Waals surface area contributed by atoms with Gasteiger partial charge in [-0.05, 0) is 47.2 Å². The Morgan fingerprint density at radius 2 is 1.52 bits per heavy atom. The van der Waals surface area contributed by atoms with Gasteiger partial charge >= 0.3 is 0 Å². The maximum atomic E-state index is 5.06. The van der Waals surface area contributed by atoms with Gasteiger partial charge in [0, 0.05) is 41.8 Å². The lowest BCUT2D eigenvalue weighted by Gasteiger charge is -1.82. The van der Waals surface area contributed by atoms with Crippen molar-refractivity contribution in [3.05, 3.63) is 91.4 Å². The van der Waals surface area contributed by atoms with Crippen LogP contribution in [0.15, 0.2) is 95.8 Å². The molecule has 0 aromatic carbocycles. The molecule has 0 bridgehead atoms. The smallest absolute Gasteiger partial charge is 0.152 e. The molecule has 0 saturated carbocycles. The Bertz CT molecular complexity index is 1010. The van der Waals surface area contributed by atoms with E-state index in [0.29, 0.717) is 0 Å². The summed E-state index contributed by atoms with van der Waals surface area (Å²) in [5.41, 5.74) is 1.94. The van der Waals surface area contributed by atoms with Crippen LogP contribution in [-0.4, -0.2) is 19.9 Å². The monoisotopic (exact) mass is 372 g/mol. The minimum atomic E-state index is 0.845. The highest BCUT2D eigenvalue weighted by molar-refractivity contribution is 7.17. The van der Waals surface area contributed by atoms with Crippen molar-refractivity contribution >= 4 is 43.3 Å². The van der Waals surface area contributed by atoms with Crippen LogP contribution in [0.2, 0.25) is 0 Å². The summed E-state index contributed by atoms with van der Waals surface area (Å²) >= 11 is 1.72. The first kappa shape index (κ1) is 16.9. The predicted octanol–water partition coefficient (Wildman–Crippen LogP) is 5.69. The van der Waals surface area contributed by atoms with Crippen molar-refractivity contribution in [1.82, 2.24) is 19.9 Å². The van der Waals surface area contributed by atoms with Gasteiger partial charge in [-0.1, -0.05) is 0 Å².